The van der Waals surface area contributed by atoms with Crippen LogP contribution in [-0.2, 0) is 37.6 Å². The van der Waals surface area contributed by atoms with Crippen LogP contribution in [0.15, 0.2) is 23.4 Å². The number of anilines is 2. The molecule has 0 radical (unpaired) electrons. The third kappa shape index (κ3) is 5.57. The highest BCUT2D eigenvalue weighted by Gasteiger charge is 2.45. The summed E-state index contributed by atoms with van der Waals surface area (Å²) in [6, 6.07) is 5.88. The first kappa shape index (κ1) is 26.2. The van der Waals surface area contributed by atoms with E-state index in [1.54, 1.807) is 11.8 Å². The minimum atomic E-state index is -0.705. The van der Waals surface area contributed by atoms with E-state index in [1.165, 1.54) is 0 Å². The van der Waals surface area contributed by atoms with Crippen LogP contribution >= 0.6 is 11.8 Å². The van der Waals surface area contributed by atoms with Crippen LogP contribution in [-0.4, -0.2) is 60.8 Å². The zero-order valence-electron chi connectivity index (χ0n) is 22.3. The molecule has 1 spiro atoms. The smallest absolute Gasteiger partial charge is 0.412 e. The lowest BCUT2D eigenvalue weighted by atomic mass is 9.80. The number of hydrogen-bond acceptors (Lipinski definition) is 9. The van der Waals surface area contributed by atoms with Crippen LogP contribution in [0.1, 0.15) is 62.6 Å². The number of ether oxygens (including phenoxy) is 4. The number of thioether (sulfide) groups is 1. The standard InChI is InChI=1S/C27H36N4O5S/c1-17-19-8-7-18(28-25(32)36-26(2,3)4)13-21(19)27(16-34-17)14-22-20(15-35-27)23(30-24(29-22)37-5)31-9-6-11-33-12-10-31/h7-8,13,17H,6,9-12,14-16H2,1-5H3,(H,28,32)/t17-,27+/m0/s1. The van der Waals surface area contributed by atoms with Crippen LogP contribution < -0.4 is 10.2 Å². The monoisotopic (exact) mass is 528 g/mol. The first-order valence-electron chi connectivity index (χ1n) is 12.8. The van der Waals surface area contributed by atoms with Gasteiger partial charge in [-0.1, -0.05) is 17.8 Å². The van der Waals surface area contributed by atoms with E-state index in [0.29, 0.717) is 31.9 Å². The number of amides is 1. The third-order valence-corrected chi connectivity index (χ3v) is 7.44. The molecule has 37 heavy (non-hydrogen) atoms. The number of nitrogens with one attached hydrogen (secondary N) is 1. The Bertz CT molecular complexity index is 1160. The summed E-state index contributed by atoms with van der Waals surface area (Å²) in [6.07, 6.45) is 2.96. The Morgan fingerprint density at radius 1 is 1.24 bits per heavy atom. The number of fused-ring (bicyclic) bond motifs is 3. The van der Waals surface area contributed by atoms with E-state index < -0.39 is 17.3 Å². The molecule has 1 saturated heterocycles. The van der Waals surface area contributed by atoms with E-state index in [9.17, 15) is 4.79 Å². The second-order valence-electron chi connectivity index (χ2n) is 10.8. The van der Waals surface area contributed by atoms with Gasteiger partial charge in [-0.25, -0.2) is 14.8 Å². The van der Waals surface area contributed by atoms with Gasteiger partial charge in [0.25, 0.3) is 0 Å². The van der Waals surface area contributed by atoms with Gasteiger partial charge in [-0.3, -0.25) is 5.32 Å². The average Bonchev–Trinajstić information content (AvgIpc) is 3.14. The largest absolute Gasteiger partial charge is 0.444 e. The first-order chi connectivity index (χ1) is 17.7. The predicted octanol–water partition coefficient (Wildman–Crippen LogP) is 4.83. The zero-order valence-corrected chi connectivity index (χ0v) is 23.1. The van der Waals surface area contributed by atoms with E-state index >= 15 is 0 Å². The number of rotatable bonds is 3. The molecular weight excluding hydrogens is 492 g/mol. The average molecular weight is 529 g/mol. The summed E-state index contributed by atoms with van der Waals surface area (Å²) in [5.41, 5.74) is 3.46. The Morgan fingerprint density at radius 2 is 2.08 bits per heavy atom. The molecule has 9 nitrogen and oxygen atoms in total. The SMILES string of the molecule is CSc1nc2c(c(N3CCCOCC3)n1)CO[C@@]1(CO[C@@H](C)c3ccc(NC(=O)OC(C)(C)C)cc31)C2. The summed E-state index contributed by atoms with van der Waals surface area (Å²) < 4.78 is 24.0. The lowest BCUT2D eigenvalue weighted by Crippen LogP contribution is -2.45. The van der Waals surface area contributed by atoms with Crippen molar-refractivity contribution in [3.63, 3.8) is 0 Å². The quantitative estimate of drug-likeness (QED) is 0.444. The number of nitrogens with zero attached hydrogens (tertiary/aromatic N) is 3. The fourth-order valence-corrected chi connectivity index (χ4v) is 5.51. The van der Waals surface area contributed by atoms with Gasteiger partial charge in [0.15, 0.2) is 5.16 Å². The van der Waals surface area contributed by atoms with Crippen molar-refractivity contribution < 1.29 is 23.7 Å². The summed E-state index contributed by atoms with van der Waals surface area (Å²) in [6.45, 7) is 11.5. The van der Waals surface area contributed by atoms with Gasteiger partial charge in [0.05, 0.1) is 31.6 Å². The van der Waals surface area contributed by atoms with Crippen molar-refractivity contribution >= 4 is 29.4 Å². The Balaban J connectivity index is 1.49. The van der Waals surface area contributed by atoms with Crippen LogP contribution in [0.2, 0.25) is 0 Å². The molecule has 2 aromatic rings. The van der Waals surface area contributed by atoms with E-state index in [2.05, 4.69) is 10.2 Å². The molecule has 3 aliphatic heterocycles. The van der Waals surface area contributed by atoms with E-state index in [1.807, 2.05) is 52.1 Å². The number of carbonyl (C=O) groups excluding carboxylic acids is 1. The fraction of sp³-hybridized carbons (Fsp3) is 0.593. The summed E-state index contributed by atoms with van der Waals surface area (Å²) in [4.78, 5) is 24.6. The lowest BCUT2D eigenvalue weighted by Gasteiger charge is -2.44. The Kier molecular flexibility index (Phi) is 7.37. The van der Waals surface area contributed by atoms with Crippen LogP contribution in [0.25, 0.3) is 0 Å². The number of aromatic nitrogens is 2. The minimum Gasteiger partial charge on any atom is -0.444 e. The molecule has 1 fully saturated rings. The van der Waals surface area contributed by atoms with Gasteiger partial charge in [0, 0.05) is 37.4 Å². The molecule has 0 unspecified atom stereocenters. The molecule has 0 aliphatic carbocycles. The van der Waals surface area contributed by atoms with Crippen molar-refractivity contribution in [3.8, 4) is 0 Å². The first-order valence-corrected chi connectivity index (χ1v) is 14.1. The van der Waals surface area contributed by atoms with Crippen molar-refractivity contribution in [2.45, 2.75) is 69.6 Å². The molecule has 10 heteroatoms. The van der Waals surface area contributed by atoms with Crippen LogP contribution in [0.3, 0.4) is 0 Å². The van der Waals surface area contributed by atoms with Gasteiger partial charge in [0.1, 0.15) is 17.0 Å². The molecule has 5 rings (SSSR count). The number of hydrogen-bond donors (Lipinski definition) is 1. The van der Waals surface area contributed by atoms with Gasteiger partial charge < -0.3 is 23.8 Å². The molecular formula is C27H36N4O5S. The second-order valence-corrected chi connectivity index (χ2v) is 11.5. The van der Waals surface area contributed by atoms with Gasteiger partial charge in [-0.2, -0.15) is 0 Å². The van der Waals surface area contributed by atoms with Gasteiger partial charge in [-0.05, 0) is 63.6 Å². The molecule has 0 saturated carbocycles. The van der Waals surface area contributed by atoms with Crippen LogP contribution in [0.5, 0.6) is 0 Å². The van der Waals surface area contributed by atoms with Crippen LogP contribution in [0, 0.1) is 0 Å². The second kappa shape index (κ2) is 10.4. The maximum Gasteiger partial charge on any atom is 0.412 e. The van der Waals surface area contributed by atoms with Crippen molar-refractivity contribution in [2.75, 3.05) is 49.4 Å². The van der Waals surface area contributed by atoms with Gasteiger partial charge in [-0.15, -0.1) is 0 Å². The third-order valence-electron chi connectivity index (χ3n) is 6.89. The number of carbonyl (C=O) groups is 1. The summed E-state index contributed by atoms with van der Waals surface area (Å²) >= 11 is 1.55. The Labute approximate surface area is 222 Å². The highest BCUT2D eigenvalue weighted by Crippen LogP contribution is 2.46. The minimum absolute atomic E-state index is 0.0824. The van der Waals surface area contributed by atoms with Gasteiger partial charge >= 0.3 is 6.09 Å². The van der Waals surface area contributed by atoms with E-state index in [-0.39, 0.29) is 6.10 Å². The molecule has 0 bridgehead atoms. The Morgan fingerprint density at radius 3 is 2.86 bits per heavy atom. The summed E-state index contributed by atoms with van der Waals surface area (Å²) in [5.74, 6) is 0.945. The van der Waals surface area contributed by atoms with E-state index in [0.717, 1.165) is 59.5 Å². The van der Waals surface area contributed by atoms with Crippen molar-refractivity contribution in [1.29, 1.82) is 0 Å². The van der Waals surface area contributed by atoms with Crippen molar-refractivity contribution in [2.24, 2.45) is 0 Å². The molecule has 1 amide bonds. The maximum atomic E-state index is 12.5. The maximum absolute atomic E-state index is 12.5. The van der Waals surface area contributed by atoms with E-state index in [4.69, 9.17) is 28.9 Å². The predicted molar refractivity (Wildman–Crippen MR) is 142 cm³/mol. The molecule has 2 atom stereocenters. The zero-order chi connectivity index (χ0) is 26.2. The number of benzene rings is 1. The summed E-state index contributed by atoms with van der Waals surface area (Å²) in [5, 5.41) is 3.63. The molecule has 200 valence electrons. The van der Waals surface area contributed by atoms with Crippen LogP contribution in [0.4, 0.5) is 16.3 Å². The fourth-order valence-electron chi connectivity index (χ4n) is 5.13. The molecule has 1 N–H and O–H groups in total. The molecule has 3 aliphatic rings. The normalized spacial score (nSPS) is 23.7. The van der Waals surface area contributed by atoms with Crippen molar-refractivity contribution in [1.82, 2.24) is 9.97 Å². The molecule has 4 heterocycles. The highest BCUT2D eigenvalue weighted by molar-refractivity contribution is 7.98. The highest BCUT2D eigenvalue weighted by atomic mass is 32.2. The molecule has 1 aromatic carbocycles. The van der Waals surface area contributed by atoms with Crippen molar-refractivity contribution in [3.05, 3.63) is 40.6 Å². The lowest BCUT2D eigenvalue weighted by molar-refractivity contribution is -0.148. The Hall–Kier alpha value is -2.40. The molecule has 1 aromatic heterocycles. The van der Waals surface area contributed by atoms with Gasteiger partial charge in [0.2, 0.25) is 0 Å². The summed E-state index contributed by atoms with van der Waals surface area (Å²) in [7, 11) is 0. The topological polar surface area (TPSA) is 95.0 Å².